The van der Waals surface area contributed by atoms with Crippen LogP contribution in [-0.2, 0) is 6.54 Å². The molecule has 26 heavy (non-hydrogen) atoms. The summed E-state index contributed by atoms with van der Waals surface area (Å²) in [6.45, 7) is 8.43. The van der Waals surface area contributed by atoms with Gasteiger partial charge in [0.2, 0.25) is 0 Å². The smallest absolute Gasteiger partial charge is 0.257 e. The predicted molar refractivity (Wildman–Crippen MR) is 105 cm³/mol. The molecule has 1 amide bonds. The fourth-order valence-electron chi connectivity index (χ4n) is 2.69. The number of carbonyl (C=O) groups is 1. The second kappa shape index (κ2) is 8.29. The van der Waals surface area contributed by atoms with Crippen LogP contribution in [0.5, 0.6) is 0 Å². The minimum Gasteiger partial charge on any atom is -0.463 e. The fraction of sp³-hybridized carbons (Fsp3) is 0.300. The summed E-state index contributed by atoms with van der Waals surface area (Å²) in [5, 5.41) is 5.27. The van der Waals surface area contributed by atoms with Crippen molar-refractivity contribution in [1.82, 2.24) is 9.88 Å². The van der Waals surface area contributed by atoms with Gasteiger partial charge in [-0.15, -0.1) is 11.3 Å². The van der Waals surface area contributed by atoms with Gasteiger partial charge >= 0.3 is 0 Å². The second-order valence-electron chi connectivity index (χ2n) is 6.32. The van der Waals surface area contributed by atoms with Gasteiger partial charge in [-0.25, -0.2) is 4.98 Å². The predicted octanol–water partition coefficient (Wildman–Crippen LogP) is 4.89. The Labute approximate surface area is 157 Å². The Morgan fingerprint density at radius 3 is 2.65 bits per heavy atom. The van der Waals surface area contributed by atoms with Crippen LogP contribution in [0.2, 0.25) is 0 Å². The van der Waals surface area contributed by atoms with Crippen molar-refractivity contribution in [2.45, 2.75) is 33.4 Å². The van der Waals surface area contributed by atoms with Gasteiger partial charge in [0.1, 0.15) is 5.69 Å². The molecule has 0 fully saturated rings. The standard InChI is InChI=1S/C20H23N3O2S/c1-4-23(14(2)3)12-15-7-9-16(10-8-15)19(24)22-20-21-17(13-26-20)18-6-5-11-25-18/h5-11,13-14H,4,12H2,1-3H3,(H,21,22,24). The normalized spacial score (nSPS) is 11.3. The van der Waals surface area contributed by atoms with Gasteiger partial charge in [0.15, 0.2) is 10.9 Å². The molecule has 3 aromatic rings. The number of thiazole rings is 1. The first-order valence-electron chi connectivity index (χ1n) is 8.70. The Morgan fingerprint density at radius 2 is 2.04 bits per heavy atom. The van der Waals surface area contributed by atoms with Crippen LogP contribution in [0.4, 0.5) is 5.13 Å². The quantitative estimate of drug-likeness (QED) is 0.644. The summed E-state index contributed by atoms with van der Waals surface area (Å²) in [4.78, 5) is 19.2. The van der Waals surface area contributed by atoms with Crippen molar-refractivity contribution in [1.29, 1.82) is 0 Å². The highest BCUT2D eigenvalue weighted by atomic mass is 32.1. The Hall–Kier alpha value is -2.44. The van der Waals surface area contributed by atoms with E-state index in [-0.39, 0.29) is 5.91 Å². The maximum Gasteiger partial charge on any atom is 0.257 e. The number of hydrogen-bond donors (Lipinski definition) is 1. The molecule has 0 aliphatic carbocycles. The van der Waals surface area contributed by atoms with Crippen molar-refractivity contribution < 1.29 is 9.21 Å². The monoisotopic (exact) mass is 369 g/mol. The van der Waals surface area contributed by atoms with Crippen molar-refractivity contribution in [3.8, 4) is 11.5 Å². The molecule has 6 heteroatoms. The van der Waals surface area contributed by atoms with Gasteiger partial charge in [0, 0.05) is 23.5 Å². The van der Waals surface area contributed by atoms with Crippen LogP contribution in [0.25, 0.3) is 11.5 Å². The lowest BCUT2D eigenvalue weighted by molar-refractivity contribution is 0.102. The maximum atomic E-state index is 12.4. The summed E-state index contributed by atoms with van der Waals surface area (Å²) in [5.74, 6) is 0.532. The largest absolute Gasteiger partial charge is 0.463 e. The molecule has 3 rings (SSSR count). The lowest BCUT2D eigenvalue weighted by Crippen LogP contribution is -2.29. The minimum absolute atomic E-state index is 0.159. The third-order valence-electron chi connectivity index (χ3n) is 4.24. The molecule has 2 heterocycles. The van der Waals surface area contributed by atoms with Crippen LogP contribution >= 0.6 is 11.3 Å². The number of benzene rings is 1. The van der Waals surface area contributed by atoms with Crippen molar-refractivity contribution in [3.05, 3.63) is 59.2 Å². The number of furan rings is 1. The zero-order chi connectivity index (χ0) is 18.5. The first-order chi connectivity index (χ1) is 12.6. The summed E-state index contributed by atoms with van der Waals surface area (Å²) in [6, 6.07) is 11.9. The van der Waals surface area contributed by atoms with E-state index in [1.807, 2.05) is 41.8 Å². The molecule has 0 aliphatic rings. The molecule has 2 aromatic heterocycles. The van der Waals surface area contributed by atoms with Gasteiger partial charge < -0.3 is 4.42 Å². The summed E-state index contributed by atoms with van der Waals surface area (Å²) >= 11 is 1.38. The SMILES string of the molecule is CCN(Cc1ccc(C(=O)Nc2nc(-c3ccco3)cs2)cc1)C(C)C. The van der Waals surface area contributed by atoms with E-state index in [0.717, 1.165) is 18.8 Å². The lowest BCUT2D eigenvalue weighted by Gasteiger charge is -2.24. The fourth-order valence-corrected chi connectivity index (χ4v) is 3.39. The molecule has 1 N–H and O–H groups in total. The van der Waals surface area contributed by atoms with Gasteiger partial charge in [0.25, 0.3) is 5.91 Å². The summed E-state index contributed by atoms with van der Waals surface area (Å²) < 4.78 is 5.32. The van der Waals surface area contributed by atoms with Crippen LogP contribution < -0.4 is 5.32 Å². The van der Waals surface area contributed by atoms with Gasteiger partial charge in [-0.3, -0.25) is 15.0 Å². The Morgan fingerprint density at radius 1 is 1.27 bits per heavy atom. The number of nitrogens with zero attached hydrogens (tertiary/aromatic N) is 2. The molecule has 1 aromatic carbocycles. The van der Waals surface area contributed by atoms with Crippen LogP contribution in [-0.4, -0.2) is 28.4 Å². The lowest BCUT2D eigenvalue weighted by atomic mass is 10.1. The van der Waals surface area contributed by atoms with Crippen molar-refractivity contribution in [3.63, 3.8) is 0 Å². The van der Waals surface area contributed by atoms with E-state index in [1.165, 1.54) is 16.9 Å². The van der Waals surface area contributed by atoms with E-state index in [4.69, 9.17) is 4.42 Å². The van der Waals surface area contributed by atoms with E-state index >= 15 is 0 Å². The van der Waals surface area contributed by atoms with E-state index in [0.29, 0.717) is 22.5 Å². The van der Waals surface area contributed by atoms with Gasteiger partial charge in [-0.1, -0.05) is 19.1 Å². The number of rotatable bonds is 7. The maximum absolute atomic E-state index is 12.4. The Kier molecular flexibility index (Phi) is 5.85. The molecule has 136 valence electrons. The van der Waals surface area contributed by atoms with E-state index in [9.17, 15) is 4.79 Å². The highest BCUT2D eigenvalue weighted by Gasteiger charge is 2.12. The number of carbonyl (C=O) groups excluding carboxylic acids is 1. The summed E-state index contributed by atoms with van der Waals surface area (Å²) in [7, 11) is 0. The molecule has 0 unspecified atom stereocenters. The third kappa shape index (κ3) is 4.39. The Bertz CT molecular complexity index is 838. The molecule has 0 spiro atoms. The highest BCUT2D eigenvalue weighted by molar-refractivity contribution is 7.14. The van der Waals surface area contributed by atoms with E-state index in [2.05, 4.69) is 36.0 Å². The minimum atomic E-state index is -0.159. The van der Waals surface area contributed by atoms with Crippen molar-refractivity contribution in [2.24, 2.45) is 0 Å². The summed E-state index contributed by atoms with van der Waals surface area (Å²) in [6.07, 6.45) is 1.60. The van der Waals surface area contributed by atoms with Crippen molar-refractivity contribution in [2.75, 3.05) is 11.9 Å². The Balaban J connectivity index is 1.63. The highest BCUT2D eigenvalue weighted by Crippen LogP contribution is 2.25. The average molecular weight is 369 g/mol. The zero-order valence-electron chi connectivity index (χ0n) is 15.2. The van der Waals surface area contributed by atoms with Crippen molar-refractivity contribution >= 4 is 22.4 Å². The molecular weight excluding hydrogens is 346 g/mol. The zero-order valence-corrected chi connectivity index (χ0v) is 16.0. The molecule has 0 saturated carbocycles. The number of anilines is 1. The van der Waals surface area contributed by atoms with Gasteiger partial charge in [-0.2, -0.15) is 0 Å². The van der Waals surface area contributed by atoms with Gasteiger partial charge in [-0.05, 0) is 50.2 Å². The molecule has 0 saturated heterocycles. The van der Waals surface area contributed by atoms with Crippen LogP contribution in [0.1, 0.15) is 36.7 Å². The van der Waals surface area contributed by atoms with Crippen LogP contribution in [0, 0.1) is 0 Å². The molecular formula is C20H23N3O2S. The molecule has 0 radical (unpaired) electrons. The van der Waals surface area contributed by atoms with Gasteiger partial charge in [0.05, 0.1) is 6.26 Å². The number of hydrogen-bond acceptors (Lipinski definition) is 5. The molecule has 0 bridgehead atoms. The topological polar surface area (TPSA) is 58.4 Å². The molecule has 0 atom stereocenters. The third-order valence-corrected chi connectivity index (χ3v) is 4.99. The van der Waals surface area contributed by atoms with Crippen LogP contribution in [0.3, 0.4) is 0 Å². The van der Waals surface area contributed by atoms with E-state index in [1.54, 1.807) is 6.26 Å². The number of nitrogens with one attached hydrogen (secondary N) is 1. The first kappa shape index (κ1) is 18.4. The number of amides is 1. The first-order valence-corrected chi connectivity index (χ1v) is 9.58. The van der Waals surface area contributed by atoms with Crippen LogP contribution in [0.15, 0.2) is 52.5 Å². The number of aromatic nitrogens is 1. The summed E-state index contributed by atoms with van der Waals surface area (Å²) in [5.41, 5.74) is 2.54. The average Bonchev–Trinajstić information content (AvgIpc) is 3.31. The molecule has 5 nitrogen and oxygen atoms in total. The molecule has 0 aliphatic heterocycles. The second-order valence-corrected chi connectivity index (χ2v) is 7.18. The van der Waals surface area contributed by atoms with E-state index < -0.39 is 0 Å².